The summed E-state index contributed by atoms with van der Waals surface area (Å²) in [7, 11) is 0. The van der Waals surface area contributed by atoms with Crippen LogP contribution in [-0.4, -0.2) is 4.98 Å². The summed E-state index contributed by atoms with van der Waals surface area (Å²) in [5.41, 5.74) is 7.33. The maximum Gasteiger partial charge on any atom is 0.0544 e. The summed E-state index contributed by atoms with van der Waals surface area (Å²) in [5, 5.41) is 7.75. The van der Waals surface area contributed by atoms with E-state index >= 15 is 0 Å². The van der Waals surface area contributed by atoms with E-state index in [4.69, 9.17) is 0 Å². The number of aromatic nitrogens is 1. The van der Waals surface area contributed by atoms with Gasteiger partial charge in [-0.3, -0.25) is 0 Å². The highest BCUT2D eigenvalue weighted by Gasteiger charge is 2.12. The third kappa shape index (κ3) is 2.95. The number of fused-ring (bicyclic) bond motifs is 7. The number of rotatable bonds is 2. The topological polar surface area (TPSA) is 15.8 Å². The van der Waals surface area contributed by atoms with E-state index in [1.54, 1.807) is 0 Å². The number of para-hydroxylation sites is 1. The smallest absolute Gasteiger partial charge is 0.0544 e. The van der Waals surface area contributed by atoms with Gasteiger partial charge < -0.3 is 4.98 Å². The van der Waals surface area contributed by atoms with E-state index in [2.05, 4.69) is 126 Å². The van der Waals surface area contributed by atoms with E-state index in [0.717, 1.165) is 0 Å². The second-order valence-electron chi connectivity index (χ2n) is 9.49. The maximum atomic E-state index is 3.74. The quantitative estimate of drug-likeness (QED) is 0.256. The Kier molecular flexibility index (Phi) is 4.16. The summed E-state index contributed by atoms with van der Waals surface area (Å²) in [6, 6.07) is 44.3. The van der Waals surface area contributed by atoms with Crippen molar-refractivity contribution in [1.29, 1.82) is 0 Å². The summed E-state index contributed by atoms with van der Waals surface area (Å²) in [5.74, 6) is 0. The van der Waals surface area contributed by atoms with E-state index in [9.17, 15) is 0 Å². The zero-order valence-electron chi connectivity index (χ0n) is 19.5. The van der Waals surface area contributed by atoms with Crippen LogP contribution in [-0.2, 0) is 0 Å². The van der Waals surface area contributed by atoms with Gasteiger partial charge in [0.05, 0.1) is 5.52 Å². The first-order chi connectivity index (χ1) is 17.8. The van der Waals surface area contributed by atoms with Crippen molar-refractivity contribution in [3.05, 3.63) is 121 Å². The van der Waals surface area contributed by atoms with Crippen LogP contribution in [0.2, 0.25) is 0 Å². The number of hydrogen-bond acceptors (Lipinski definition) is 1. The van der Waals surface area contributed by atoms with Crippen molar-refractivity contribution >= 4 is 64.1 Å². The summed E-state index contributed by atoms with van der Waals surface area (Å²) in [6.07, 6.45) is 0. The van der Waals surface area contributed by atoms with E-state index in [1.165, 1.54) is 75.0 Å². The molecule has 0 spiro atoms. The van der Waals surface area contributed by atoms with Gasteiger partial charge >= 0.3 is 0 Å². The van der Waals surface area contributed by atoms with E-state index in [0.29, 0.717) is 0 Å². The largest absolute Gasteiger partial charge is 0.354 e. The van der Waals surface area contributed by atoms with Gasteiger partial charge in [-0.1, -0.05) is 84.9 Å². The van der Waals surface area contributed by atoms with Crippen molar-refractivity contribution in [2.45, 2.75) is 0 Å². The molecule has 2 aromatic heterocycles. The molecule has 0 fully saturated rings. The second-order valence-corrected chi connectivity index (χ2v) is 10.6. The van der Waals surface area contributed by atoms with Crippen molar-refractivity contribution in [2.24, 2.45) is 0 Å². The van der Waals surface area contributed by atoms with E-state index in [-0.39, 0.29) is 0 Å². The third-order valence-electron chi connectivity index (χ3n) is 7.38. The number of benzene rings is 6. The van der Waals surface area contributed by atoms with E-state index in [1.807, 2.05) is 11.3 Å². The van der Waals surface area contributed by atoms with Crippen LogP contribution >= 0.6 is 11.3 Å². The predicted molar refractivity (Wildman–Crippen MR) is 157 cm³/mol. The fourth-order valence-corrected chi connectivity index (χ4v) is 6.71. The van der Waals surface area contributed by atoms with Gasteiger partial charge in [0, 0.05) is 42.0 Å². The number of aromatic amines is 1. The van der Waals surface area contributed by atoms with Gasteiger partial charge in [-0.15, -0.1) is 11.3 Å². The van der Waals surface area contributed by atoms with Crippen molar-refractivity contribution < 1.29 is 0 Å². The van der Waals surface area contributed by atoms with Gasteiger partial charge in [0.2, 0.25) is 0 Å². The molecule has 2 heterocycles. The maximum absolute atomic E-state index is 3.74. The molecule has 1 nitrogen and oxygen atoms in total. The Morgan fingerprint density at radius 3 is 2.11 bits per heavy atom. The number of nitrogens with one attached hydrogen (secondary N) is 1. The molecule has 0 unspecified atom stereocenters. The molecule has 8 aromatic rings. The molecule has 168 valence electrons. The molecule has 1 N–H and O–H groups in total. The fourth-order valence-electron chi connectivity index (χ4n) is 5.63. The Balaban J connectivity index is 1.30. The summed E-state index contributed by atoms with van der Waals surface area (Å²) < 4.78 is 2.68. The van der Waals surface area contributed by atoms with Gasteiger partial charge in [-0.25, -0.2) is 0 Å². The van der Waals surface area contributed by atoms with Gasteiger partial charge in [0.1, 0.15) is 0 Å². The molecule has 0 saturated carbocycles. The molecule has 0 saturated heterocycles. The monoisotopic (exact) mass is 475 g/mol. The van der Waals surface area contributed by atoms with Crippen molar-refractivity contribution in [1.82, 2.24) is 4.98 Å². The summed E-state index contributed by atoms with van der Waals surface area (Å²) in [6.45, 7) is 0. The van der Waals surface area contributed by atoms with Crippen molar-refractivity contribution in [2.75, 3.05) is 0 Å². The van der Waals surface area contributed by atoms with Gasteiger partial charge in [-0.05, 0) is 63.9 Å². The number of thiophene rings is 1. The molecule has 0 aliphatic rings. The van der Waals surface area contributed by atoms with Crippen LogP contribution in [0.5, 0.6) is 0 Å². The molecule has 0 aliphatic carbocycles. The normalized spacial score (nSPS) is 11.9. The Morgan fingerprint density at radius 1 is 0.444 bits per heavy atom. The lowest BCUT2D eigenvalue weighted by Crippen LogP contribution is -1.83. The molecule has 2 heteroatoms. The standard InChI is InChI=1S/C34H21NS/c1-2-8-23-20-31-29(18-22(23)7-1)28-13-6-12-26(34(28)35-31)25-10-5-9-21(17-25)24-15-16-33-30(19-24)27-11-3-4-14-32(27)36-33/h1-20,35H. The van der Waals surface area contributed by atoms with Crippen molar-refractivity contribution in [3.8, 4) is 22.3 Å². The lowest BCUT2D eigenvalue weighted by atomic mass is 9.96. The molecular weight excluding hydrogens is 454 g/mol. The minimum absolute atomic E-state index is 1.18. The van der Waals surface area contributed by atoms with Crippen molar-refractivity contribution in [3.63, 3.8) is 0 Å². The lowest BCUT2D eigenvalue weighted by molar-refractivity contribution is 1.54. The first-order valence-corrected chi connectivity index (χ1v) is 13.1. The van der Waals surface area contributed by atoms with Crippen LogP contribution in [0.3, 0.4) is 0 Å². The van der Waals surface area contributed by atoms with Crippen LogP contribution in [0.15, 0.2) is 121 Å². The molecule has 0 atom stereocenters. The molecule has 36 heavy (non-hydrogen) atoms. The predicted octanol–water partition coefficient (Wildman–Crippen LogP) is 10.2. The lowest BCUT2D eigenvalue weighted by Gasteiger charge is -2.08. The molecule has 6 aromatic carbocycles. The Hall–Kier alpha value is -4.40. The van der Waals surface area contributed by atoms with E-state index < -0.39 is 0 Å². The highest BCUT2D eigenvalue weighted by atomic mass is 32.1. The molecule has 0 amide bonds. The van der Waals surface area contributed by atoms with Crippen LogP contribution in [0.4, 0.5) is 0 Å². The average Bonchev–Trinajstić information content (AvgIpc) is 3.49. The Bertz CT molecular complexity index is 2110. The SMILES string of the molecule is c1cc(-c2ccc3sc4ccccc4c3c2)cc(-c2cccc3c2[nH]c2cc4ccccc4cc23)c1. The minimum atomic E-state index is 1.18. The first-order valence-electron chi connectivity index (χ1n) is 12.3. The average molecular weight is 476 g/mol. The van der Waals surface area contributed by atoms with Gasteiger partial charge in [-0.2, -0.15) is 0 Å². The zero-order chi connectivity index (χ0) is 23.6. The molecule has 8 rings (SSSR count). The number of hydrogen-bond donors (Lipinski definition) is 1. The molecule has 0 aliphatic heterocycles. The fraction of sp³-hybridized carbons (Fsp3) is 0. The Morgan fingerprint density at radius 2 is 1.17 bits per heavy atom. The first kappa shape index (κ1) is 19.9. The third-order valence-corrected chi connectivity index (χ3v) is 8.54. The molecular formula is C34H21NS. The minimum Gasteiger partial charge on any atom is -0.354 e. The zero-order valence-corrected chi connectivity index (χ0v) is 20.3. The van der Waals surface area contributed by atoms with Crippen LogP contribution in [0.25, 0.3) is 75.0 Å². The Labute approximate surface area is 212 Å². The summed E-state index contributed by atoms with van der Waals surface area (Å²) in [4.78, 5) is 3.74. The summed E-state index contributed by atoms with van der Waals surface area (Å²) >= 11 is 1.87. The van der Waals surface area contributed by atoms with Crippen LogP contribution in [0.1, 0.15) is 0 Å². The number of H-pyrrole nitrogens is 1. The highest BCUT2D eigenvalue weighted by molar-refractivity contribution is 7.25. The molecule has 0 radical (unpaired) electrons. The van der Waals surface area contributed by atoms with Gasteiger partial charge in [0.15, 0.2) is 0 Å². The van der Waals surface area contributed by atoms with Crippen LogP contribution < -0.4 is 0 Å². The molecule has 0 bridgehead atoms. The van der Waals surface area contributed by atoms with Gasteiger partial charge in [0.25, 0.3) is 0 Å². The van der Waals surface area contributed by atoms with Crippen LogP contribution in [0, 0.1) is 0 Å². The second kappa shape index (κ2) is 7.55. The highest BCUT2D eigenvalue weighted by Crippen LogP contribution is 2.38.